The SMILES string of the molecule is CC1CCN(C(=O)C2CC2C(=O)N2CCN(c3ccccc3F)CC2)CC1. The van der Waals surface area contributed by atoms with Gasteiger partial charge in [0.15, 0.2) is 0 Å². The van der Waals surface area contributed by atoms with E-state index >= 15 is 0 Å². The lowest BCUT2D eigenvalue weighted by atomic mass is 9.99. The Morgan fingerprint density at radius 1 is 0.889 bits per heavy atom. The Kier molecular flexibility index (Phi) is 5.06. The summed E-state index contributed by atoms with van der Waals surface area (Å²) in [5, 5.41) is 0. The number of piperidine rings is 1. The summed E-state index contributed by atoms with van der Waals surface area (Å²) in [7, 11) is 0. The van der Waals surface area contributed by atoms with Crippen molar-refractivity contribution < 1.29 is 14.0 Å². The lowest BCUT2D eigenvalue weighted by Crippen LogP contribution is -2.50. The number of hydrogen-bond acceptors (Lipinski definition) is 3. The van der Waals surface area contributed by atoms with E-state index in [4.69, 9.17) is 0 Å². The van der Waals surface area contributed by atoms with Gasteiger partial charge in [0.05, 0.1) is 17.5 Å². The van der Waals surface area contributed by atoms with Gasteiger partial charge in [0.1, 0.15) is 5.82 Å². The average molecular weight is 373 g/mol. The number of benzene rings is 1. The Bertz CT molecular complexity index is 709. The number of hydrogen-bond donors (Lipinski definition) is 0. The maximum absolute atomic E-state index is 13.9. The van der Waals surface area contributed by atoms with Crippen LogP contribution in [0.2, 0.25) is 0 Å². The highest BCUT2D eigenvalue weighted by molar-refractivity contribution is 5.92. The van der Waals surface area contributed by atoms with Gasteiger partial charge in [-0.05, 0) is 37.3 Å². The highest BCUT2D eigenvalue weighted by atomic mass is 19.1. The Morgan fingerprint density at radius 2 is 1.44 bits per heavy atom. The van der Waals surface area contributed by atoms with Crippen LogP contribution >= 0.6 is 0 Å². The zero-order valence-corrected chi connectivity index (χ0v) is 15.9. The Hall–Kier alpha value is -2.11. The Labute approximate surface area is 160 Å². The van der Waals surface area contributed by atoms with Crippen molar-refractivity contribution in [3.05, 3.63) is 30.1 Å². The van der Waals surface area contributed by atoms with Crippen molar-refractivity contribution in [2.24, 2.45) is 17.8 Å². The zero-order valence-electron chi connectivity index (χ0n) is 15.9. The topological polar surface area (TPSA) is 43.9 Å². The number of anilines is 1. The molecule has 3 fully saturated rings. The fraction of sp³-hybridized carbons (Fsp3) is 0.619. The van der Waals surface area contributed by atoms with Crippen LogP contribution in [0.25, 0.3) is 0 Å². The third kappa shape index (κ3) is 3.80. The molecular weight excluding hydrogens is 345 g/mol. The van der Waals surface area contributed by atoms with Crippen LogP contribution in [-0.2, 0) is 9.59 Å². The predicted octanol–water partition coefficient (Wildman–Crippen LogP) is 2.37. The van der Waals surface area contributed by atoms with Crippen LogP contribution < -0.4 is 4.90 Å². The molecule has 4 rings (SSSR count). The van der Waals surface area contributed by atoms with Crippen LogP contribution in [0.1, 0.15) is 26.2 Å². The summed E-state index contributed by atoms with van der Waals surface area (Å²) in [6.45, 7) is 6.32. The van der Waals surface area contributed by atoms with E-state index in [1.165, 1.54) is 6.07 Å². The van der Waals surface area contributed by atoms with E-state index in [9.17, 15) is 14.0 Å². The van der Waals surface area contributed by atoms with Crippen LogP contribution in [0.5, 0.6) is 0 Å². The molecule has 1 aromatic carbocycles. The lowest BCUT2D eigenvalue weighted by molar-refractivity contribution is -0.138. The third-order valence-electron chi connectivity index (χ3n) is 6.30. The lowest BCUT2D eigenvalue weighted by Gasteiger charge is -2.36. The summed E-state index contributed by atoms with van der Waals surface area (Å²) in [5.74, 6) is 0.488. The second-order valence-electron chi connectivity index (χ2n) is 8.22. The molecule has 2 unspecified atom stereocenters. The van der Waals surface area contributed by atoms with Gasteiger partial charge in [0.25, 0.3) is 0 Å². The maximum atomic E-state index is 13.9. The van der Waals surface area contributed by atoms with Crippen LogP contribution in [0.15, 0.2) is 24.3 Å². The van der Waals surface area contributed by atoms with E-state index in [-0.39, 0.29) is 29.5 Å². The second-order valence-corrected chi connectivity index (χ2v) is 8.22. The number of carbonyl (C=O) groups excluding carboxylic acids is 2. The summed E-state index contributed by atoms with van der Waals surface area (Å²) in [5.41, 5.74) is 0.600. The average Bonchev–Trinajstić information content (AvgIpc) is 3.49. The van der Waals surface area contributed by atoms with Crippen molar-refractivity contribution in [3.63, 3.8) is 0 Å². The summed E-state index contributed by atoms with van der Waals surface area (Å²) in [6, 6.07) is 6.76. The minimum atomic E-state index is -0.221. The maximum Gasteiger partial charge on any atom is 0.226 e. The van der Waals surface area contributed by atoms with Crippen molar-refractivity contribution in [2.75, 3.05) is 44.2 Å². The third-order valence-corrected chi connectivity index (χ3v) is 6.30. The van der Waals surface area contributed by atoms with E-state index in [2.05, 4.69) is 6.92 Å². The molecular formula is C21H28FN3O2. The first kappa shape index (κ1) is 18.3. The summed E-state index contributed by atoms with van der Waals surface area (Å²) in [6.07, 6.45) is 2.82. The molecule has 0 spiro atoms. The summed E-state index contributed by atoms with van der Waals surface area (Å²) in [4.78, 5) is 31.2. The first-order valence-electron chi connectivity index (χ1n) is 10.1. The smallest absolute Gasteiger partial charge is 0.226 e. The normalized spacial score (nSPS) is 26.2. The zero-order chi connectivity index (χ0) is 19.0. The van der Waals surface area contributed by atoms with Gasteiger partial charge >= 0.3 is 0 Å². The highest BCUT2D eigenvalue weighted by Crippen LogP contribution is 2.42. The number of nitrogens with zero attached hydrogens (tertiary/aromatic N) is 3. The van der Waals surface area contributed by atoms with E-state index in [0.717, 1.165) is 25.9 Å². The number of carbonyl (C=O) groups is 2. The van der Waals surface area contributed by atoms with E-state index in [1.54, 1.807) is 12.1 Å². The monoisotopic (exact) mass is 373 g/mol. The summed E-state index contributed by atoms with van der Waals surface area (Å²) >= 11 is 0. The Balaban J connectivity index is 1.28. The van der Waals surface area contributed by atoms with Gasteiger partial charge in [-0.3, -0.25) is 9.59 Å². The largest absolute Gasteiger partial charge is 0.366 e. The molecule has 1 aromatic rings. The number of likely N-dealkylation sites (tertiary alicyclic amines) is 1. The molecule has 6 heteroatoms. The number of piperazine rings is 1. The van der Waals surface area contributed by atoms with Gasteiger partial charge in [-0.1, -0.05) is 19.1 Å². The van der Waals surface area contributed by atoms with Gasteiger partial charge in [0, 0.05) is 39.3 Å². The molecule has 2 aliphatic heterocycles. The number of halogens is 1. The molecule has 146 valence electrons. The fourth-order valence-electron chi connectivity index (χ4n) is 4.31. The minimum absolute atomic E-state index is 0.104. The molecule has 0 radical (unpaired) electrons. The molecule has 5 nitrogen and oxygen atoms in total. The predicted molar refractivity (Wildman–Crippen MR) is 102 cm³/mol. The van der Waals surface area contributed by atoms with Crippen LogP contribution in [0.4, 0.5) is 10.1 Å². The quantitative estimate of drug-likeness (QED) is 0.817. The molecule has 2 heterocycles. The van der Waals surface area contributed by atoms with Crippen molar-refractivity contribution in [1.29, 1.82) is 0 Å². The van der Waals surface area contributed by atoms with Crippen LogP contribution in [-0.4, -0.2) is 60.9 Å². The van der Waals surface area contributed by atoms with Gasteiger partial charge < -0.3 is 14.7 Å². The summed E-state index contributed by atoms with van der Waals surface area (Å²) < 4.78 is 13.9. The van der Waals surface area contributed by atoms with Crippen LogP contribution in [0, 0.1) is 23.6 Å². The fourth-order valence-corrected chi connectivity index (χ4v) is 4.31. The minimum Gasteiger partial charge on any atom is -0.366 e. The molecule has 1 saturated carbocycles. The van der Waals surface area contributed by atoms with Gasteiger partial charge in [-0.15, -0.1) is 0 Å². The number of para-hydroxylation sites is 1. The first-order chi connectivity index (χ1) is 13.0. The van der Waals surface area contributed by atoms with Gasteiger partial charge in [-0.25, -0.2) is 4.39 Å². The highest BCUT2D eigenvalue weighted by Gasteiger charge is 2.51. The molecule has 3 aliphatic rings. The molecule has 27 heavy (non-hydrogen) atoms. The van der Waals surface area contributed by atoms with Crippen molar-refractivity contribution in [3.8, 4) is 0 Å². The molecule has 2 atom stereocenters. The van der Waals surface area contributed by atoms with Crippen molar-refractivity contribution in [2.45, 2.75) is 26.2 Å². The molecule has 2 saturated heterocycles. The standard InChI is InChI=1S/C21H28FN3O2/c1-15-6-8-24(9-7-15)20(26)16-14-17(16)21(27)25-12-10-23(11-13-25)19-5-3-2-4-18(19)22/h2-5,15-17H,6-14H2,1H3. The van der Waals surface area contributed by atoms with Crippen LogP contribution in [0.3, 0.4) is 0 Å². The molecule has 1 aliphatic carbocycles. The van der Waals surface area contributed by atoms with Gasteiger partial charge in [0.2, 0.25) is 11.8 Å². The molecule has 0 bridgehead atoms. The van der Waals surface area contributed by atoms with Gasteiger partial charge in [-0.2, -0.15) is 0 Å². The Morgan fingerprint density at radius 3 is 2.04 bits per heavy atom. The van der Waals surface area contributed by atoms with E-state index in [0.29, 0.717) is 44.2 Å². The first-order valence-corrected chi connectivity index (χ1v) is 10.1. The molecule has 2 amide bonds. The molecule has 0 aromatic heterocycles. The van der Waals surface area contributed by atoms with E-state index < -0.39 is 0 Å². The van der Waals surface area contributed by atoms with E-state index in [1.807, 2.05) is 20.8 Å². The number of rotatable bonds is 3. The number of amides is 2. The second kappa shape index (κ2) is 7.49. The molecule has 0 N–H and O–H groups in total. The van der Waals surface area contributed by atoms with Crippen molar-refractivity contribution in [1.82, 2.24) is 9.80 Å². The van der Waals surface area contributed by atoms with Crippen molar-refractivity contribution >= 4 is 17.5 Å².